The minimum atomic E-state index is -0.250. The van der Waals surface area contributed by atoms with Gasteiger partial charge in [-0.25, -0.2) is 0 Å². The lowest BCUT2D eigenvalue weighted by atomic mass is 9.44. The van der Waals surface area contributed by atoms with E-state index in [-0.39, 0.29) is 6.47 Å². The largest absolute Gasteiger partial charge is 0.483 e. The van der Waals surface area contributed by atoms with Crippen LogP contribution in [0.4, 0.5) is 0 Å². The summed E-state index contributed by atoms with van der Waals surface area (Å²) in [5, 5.41) is 6.89. The summed E-state index contributed by atoms with van der Waals surface area (Å²) in [6.45, 7) is 11.1. The summed E-state index contributed by atoms with van der Waals surface area (Å²) in [5.74, 6) is 6.22. The van der Waals surface area contributed by atoms with Gasteiger partial charge in [-0.2, -0.15) is 0 Å². The molecule has 4 fully saturated rings. The van der Waals surface area contributed by atoms with Gasteiger partial charge >= 0.3 is 0 Å². The van der Waals surface area contributed by atoms with E-state index in [4.69, 9.17) is 21.5 Å². The quantitative estimate of drug-likeness (QED) is 0.369. The summed E-state index contributed by atoms with van der Waals surface area (Å²) < 4.78 is 0. The number of fused-ring (bicyclic) bond motifs is 5. The van der Waals surface area contributed by atoms with Gasteiger partial charge in [0.05, 0.1) is 0 Å². The van der Waals surface area contributed by atoms with Crippen molar-refractivity contribution < 1.29 is 14.7 Å². The number of halogens is 1. The van der Waals surface area contributed by atoms with E-state index in [2.05, 4.69) is 20.8 Å². The summed E-state index contributed by atoms with van der Waals surface area (Å²) >= 11 is 5.00. The van der Waals surface area contributed by atoms with Crippen LogP contribution >= 0.6 is 11.6 Å². The van der Waals surface area contributed by atoms with Crippen molar-refractivity contribution in [1.29, 1.82) is 0 Å². The number of carboxylic acid groups (broad SMARTS) is 1. The average Bonchev–Trinajstić information content (AvgIpc) is 3.01. The van der Waals surface area contributed by atoms with Crippen molar-refractivity contribution in [2.75, 3.05) is 5.88 Å². The first-order valence-corrected chi connectivity index (χ1v) is 12.4. The summed E-state index contributed by atoms with van der Waals surface area (Å²) in [7, 11) is 0. The van der Waals surface area contributed by atoms with Crippen LogP contribution in [0.3, 0.4) is 0 Å². The number of carbonyl (C=O) groups excluding carboxylic acids is 1. The van der Waals surface area contributed by atoms with E-state index in [0.29, 0.717) is 22.5 Å². The topological polar surface area (TPSA) is 54.4 Å². The second kappa shape index (κ2) is 10.2. The van der Waals surface area contributed by atoms with Crippen LogP contribution in [0, 0.1) is 46.3 Å². The highest BCUT2D eigenvalue weighted by molar-refractivity contribution is 6.17. The Kier molecular flexibility index (Phi) is 8.65. The summed E-state index contributed by atoms with van der Waals surface area (Å²) in [6.07, 6.45) is 12.6. The Bertz CT molecular complexity index is 564. The van der Waals surface area contributed by atoms with Gasteiger partial charge in [0.1, 0.15) is 5.78 Å². The molecule has 4 rings (SSSR count). The Morgan fingerprint density at radius 3 is 2.17 bits per heavy atom. The van der Waals surface area contributed by atoms with E-state index >= 15 is 0 Å². The van der Waals surface area contributed by atoms with Crippen LogP contribution in [0.15, 0.2) is 0 Å². The molecule has 0 aliphatic heterocycles. The second-order valence-electron chi connectivity index (χ2n) is 10.7. The van der Waals surface area contributed by atoms with Crippen LogP contribution in [-0.2, 0) is 9.59 Å². The number of hydrogen-bond acceptors (Lipinski definition) is 2. The van der Waals surface area contributed by atoms with Gasteiger partial charge in [-0.05, 0) is 98.7 Å². The number of rotatable bonds is 1. The molecule has 0 bridgehead atoms. The molecular weight excluding hydrogens is 384 g/mol. The fraction of sp³-hybridized carbons (Fsp3) is 0.920. The standard InChI is InChI=1S/C22H36O.C2H5Cl.CH2O2/c1-14-9-11-21(3)16(13-14)5-6-17-19-8-7-18(15(2)23)22(19,4)12-10-20(17)21;1-2-3;2-1-3/h14,16-20H,5-13H2,1-4H3;2H2,1H3;1H,(H,2,3). The molecule has 1 N–H and O–H groups in total. The molecule has 0 heterocycles. The monoisotopic (exact) mass is 426 g/mol. The first-order valence-electron chi connectivity index (χ1n) is 11.8. The van der Waals surface area contributed by atoms with Gasteiger partial charge < -0.3 is 5.11 Å². The van der Waals surface area contributed by atoms with Gasteiger partial charge in [0.15, 0.2) is 0 Å². The molecule has 0 aromatic rings. The third kappa shape index (κ3) is 4.70. The zero-order chi connectivity index (χ0) is 21.8. The van der Waals surface area contributed by atoms with E-state index in [1.165, 1.54) is 57.8 Å². The first kappa shape index (κ1) is 24.7. The zero-order valence-corrected chi connectivity index (χ0v) is 20.0. The van der Waals surface area contributed by atoms with Gasteiger partial charge in [0, 0.05) is 11.8 Å². The second-order valence-corrected chi connectivity index (χ2v) is 11.2. The number of carbonyl (C=O) groups is 2. The zero-order valence-electron chi connectivity index (χ0n) is 19.3. The normalized spacial score (nSPS) is 45.2. The number of Topliss-reactive ketones (excluding diaryl/α,β-unsaturated/α-hetero) is 1. The molecule has 0 saturated heterocycles. The maximum Gasteiger partial charge on any atom is 0.290 e. The predicted molar refractivity (Wildman–Crippen MR) is 120 cm³/mol. The number of alkyl halides is 1. The summed E-state index contributed by atoms with van der Waals surface area (Å²) in [6, 6.07) is 0. The Hall–Kier alpha value is -0.570. The molecule has 4 saturated carbocycles. The van der Waals surface area contributed by atoms with Crippen molar-refractivity contribution in [3.05, 3.63) is 0 Å². The van der Waals surface area contributed by atoms with Crippen LogP contribution in [0.2, 0.25) is 0 Å². The Morgan fingerprint density at radius 1 is 1.03 bits per heavy atom. The predicted octanol–water partition coefficient (Wildman–Crippen LogP) is 6.82. The van der Waals surface area contributed by atoms with E-state index in [1.807, 2.05) is 13.8 Å². The Morgan fingerprint density at radius 2 is 1.59 bits per heavy atom. The minimum Gasteiger partial charge on any atom is -0.483 e. The maximum absolute atomic E-state index is 12.2. The highest BCUT2D eigenvalue weighted by Gasteiger charge is 2.60. The van der Waals surface area contributed by atoms with Crippen LogP contribution < -0.4 is 0 Å². The maximum atomic E-state index is 12.2. The van der Waals surface area contributed by atoms with Crippen molar-refractivity contribution in [2.24, 2.45) is 46.3 Å². The van der Waals surface area contributed by atoms with Crippen LogP contribution in [0.1, 0.15) is 92.4 Å². The Balaban J connectivity index is 0.000000449. The van der Waals surface area contributed by atoms with Crippen molar-refractivity contribution in [1.82, 2.24) is 0 Å². The minimum absolute atomic E-state index is 0.250. The average molecular weight is 427 g/mol. The smallest absolute Gasteiger partial charge is 0.290 e. The molecule has 0 aromatic heterocycles. The number of hydrogen-bond donors (Lipinski definition) is 1. The SMILES string of the molecule is CC(=O)C1CCC2C3CCC4CC(C)CCC4(C)C3CCC12C.CCCl.O=CO. The molecular formula is C25H43ClO3. The highest BCUT2D eigenvalue weighted by atomic mass is 35.5. The third-order valence-electron chi connectivity index (χ3n) is 9.42. The van der Waals surface area contributed by atoms with Gasteiger partial charge in [0.2, 0.25) is 0 Å². The molecule has 0 amide bonds. The van der Waals surface area contributed by atoms with Gasteiger partial charge in [-0.3, -0.25) is 9.59 Å². The van der Waals surface area contributed by atoms with E-state index in [0.717, 1.165) is 35.5 Å². The summed E-state index contributed by atoms with van der Waals surface area (Å²) in [4.78, 5) is 20.6. The van der Waals surface area contributed by atoms with E-state index in [9.17, 15) is 4.79 Å². The van der Waals surface area contributed by atoms with Crippen LogP contribution in [0.25, 0.3) is 0 Å². The van der Waals surface area contributed by atoms with Crippen molar-refractivity contribution in [3.8, 4) is 0 Å². The van der Waals surface area contributed by atoms with Gasteiger partial charge in [-0.1, -0.05) is 34.1 Å². The number of ketones is 1. The molecule has 0 aromatic carbocycles. The summed E-state index contributed by atoms with van der Waals surface area (Å²) in [5.41, 5.74) is 0.948. The highest BCUT2D eigenvalue weighted by Crippen LogP contribution is 2.67. The Labute approximate surface area is 183 Å². The molecule has 3 nitrogen and oxygen atoms in total. The lowest BCUT2D eigenvalue weighted by molar-refractivity contribution is -0.135. The van der Waals surface area contributed by atoms with Crippen LogP contribution in [-0.4, -0.2) is 23.2 Å². The lowest BCUT2D eigenvalue weighted by Gasteiger charge is -2.61. The van der Waals surface area contributed by atoms with Gasteiger partial charge in [-0.15, -0.1) is 11.6 Å². The van der Waals surface area contributed by atoms with Gasteiger partial charge in [0.25, 0.3) is 6.47 Å². The molecule has 4 aliphatic rings. The molecule has 0 radical (unpaired) electrons. The van der Waals surface area contributed by atoms with Crippen molar-refractivity contribution in [3.63, 3.8) is 0 Å². The van der Waals surface area contributed by atoms with E-state index < -0.39 is 0 Å². The molecule has 4 aliphatic carbocycles. The molecule has 8 unspecified atom stereocenters. The van der Waals surface area contributed by atoms with Crippen molar-refractivity contribution in [2.45, 2.75) is 92.4 Å². The third-order valence-corrected chi connectivity index (χ3v) is 9.42. The molecule has 29 heavy (non-hydrogen) atoms. The first-order chi connectivity index (χ1) is 13.7. The van der Waals surface area contributed by atoms with Crippen molar-refractivity contribution >= 4 is 23.9 Å². The molecule has 0 spiro atoms. The molecule has 168 valence electrons. The lowest BCUT2D eigenvalue weighted by Crippen LogP contribution is -2.53. The fourth-order valence-electron chi connectivity index (χ4n) is 8.14. The molecule has 4 heteroatoms. The van der Waals surface area contributed by atoms with Crippen LogP contribution in [0.5, 0.6) is 0 Å². The van der Waals surface area contributed by atoms with E-state index in [1.54, 1.807) is 0 Å². The molecule has 8 atom stereocenters. The fourth-order valence-corrected chi connectivity index (χ4v) is 8.14.